The first-order valence-corrected chi connectivity index (χ1v) is 10.0. The van der Waals surface area contributed by atoms with Crippen LogP contribution < -0.4 is 10.1 Å². The predicted molar refractivity (Wildman–Crippen MR) is 120 cm³/mol. The van der Waals surface area contributed by atoms with Gasteiger partial charge in [-0.05, 0) is 42.9 Å². The number of phenolic OH excluding ortho intramolecular Hbond substituents is 1. The lowest BCUT2D eigenvalue weighted by atomic mass is 10.1. The fraction of sp³-hybridized carbons (Fsp3) is 0.458. The maximum Gasteiger partial charge on any atom is 0.220 e. The summed E-state index contributed by atoms with van der Waals surface area (Å²) in [5.74, 6) is 1.17. The van der Waals surface area contributed by atoms with Crippen molar-refractivity contribution in [2.75, 3.05) is 20.3 Å². The maximum absolute atomic E-state index is 11.8. The van der Waals surface area contributed by atoms with Crippen LogP contribution in [0.2, 0.25) is 0 Å². The van der Waals surface area contributed by atoms with Crippen LogP contribution in [-0.2, 0) is 16.1 Å². The number of carbonyl (C=O) groups is 1. The van der Waals surface area contributed by atoms with E-state index >= 15 is 0 Å². The molecule has 5 nitrogen and oxygen atoms in total. The minimum absolute atomic E-state index is 0.0554. The second kappa shape index (κ2) is 17.6. The monoisotopic (exact) mass is 403 g/mol. The highest BCUT2D eigenvalue weighted by Crippen LogP contribution is 2.26. The molecule has 0 saturated carbocycles. The summed E-state index contributed by atoms with van der Waals surface area (Å²) in [7, 11) is 1.51. The minimum Gasteiger partial charge on any atom is -0.504 e. The number of amides is 1. The van der Waals surface area contributed by atoms with E-state index in [2.05, 4.69) is 44.5 Å². The Kier molecular flexibility index (Phi) is 16.0. The largest absolute Gasteiger partial charge is 0.504 e. The first-order valence-electron chi connectivity index (χ1n) is 10.0. The molecule has 0 bridgehead atoms. The van der Waals surface area contributed by atoms with Gasteiger partial charge in [0.05, 0.1) is 20.3 Å². The zero-order valence-corrected chi connectivity index (χ0v) is 18.2. The number of carbonyl (C=O) groups excluding carboxylic acids is 1. The summed E-state index contributed by atoms with van der Waals surface area (Å²) in [6.07, 6.45) is 11.3. The van der Waals surface area contributed by atoms with E-state index in [1.165, 1.54) is 7.11 Å². The Bertz CT molecular complexity index is 615. The minimum atomic E-state index is 0.0554. The number of phenols is 1. The number of allylic oxidation sites excluding steroid dienone is 2. The molecule has 1 rings (SSSR count). The van der Waals surface area contributed by atoms with E-state index in [-0.39, 0.29) is 11.7 Å². The number of ether oxygens (including phenoxy) is 2. The number of benzene rings is 1. The molecular formula is C24H37NO4. The van der Waals surface area contributed by atoms with Gasteiger partial charge in [-0.1, -0.05) is 44.2 Å². The molecular weight excluding hydrogens is 366 g/mol. The number of rotatable bonds is 13. The molecule has 0 aliphatic heterocycles. The SMILES string of the molecule is C=CCOCC=C.COc1cc(CNC(=O)CCCCC=CC(C)C)ccc1O. The zero-order chi connectivity index (χ0) is 21.9. The summed E-state index contributed by atoms with van der Waals surface area (Å²) in [5.41, 5.74) is 0.905. The molecule has 5 heteroatoms. The Labute approximate surface area is 176 Å². The van der Waals surface area contributed by atoms with Gasteiger partial charge < -0.3 is 19.9 Å². The first-order chi connectivity index (χ1) is 13.9. The number of hydrogen-bond donors (Lipinski definition) is 2. The van der Waals surface area contributed by atoms with E-state index < -0.39 is 0 Å². The highest BCUT2D eigenvalue weighted by atomic mass is 16.5. The molecule has 1 aromatic rings. The van der Waals surface area contributed by atoms with Gasteiger partial charge in [-0.3, -0.25) is 4.79 Å². The van der Waals surface area contributed by atoms with E-state index in [1.807, 2.05) is 0 Å². The van der Waals surface area contributed by atoms with Gasteiger partial charge in [0, 0.05) is 13.0 Å². The molecule has 0 spiro atoms. The van der Waals surface area contributed by atoms with Crippen LogP contribution >= 0.6 is 0 Å². The van der Waals surface area contributed by atoms with Crippen LogP contribution in [0.5, 0.6) is 11.5 Å². The third kappa shape index (κ3) is 15.1. The van der Waals surface area contributed by atoms with Crippen molar-refractivity contribution in [3.05, 3.63) is 61.2 Å². The lowest BCUT2D eigenvalue weighted by Gasteiger charge is -2.08. The summed E-state index contributed by atoms with van der Waals surface area (Å²) >= 11 is 0. The second-order valence-electron chi connectivity index (χ2n) is 6.82. The molecule has 0 aromatic heterocycles. The van der Waals surface area contributed by atoms with E-state index in [9.17, 15) is 9.90 Å². The molecule has 1 amide bonds. The van der Waals surface area contributed by atoms with E-state index in [4.69, 9.17) is 9.47 Å². The van der Waals surface area contributed by atoms with Crippen LogP contribution in [-0.4, -0.2) is 31.3 Å². The van der Waals surface area contributed by atoms with Crippen molar-refractivity contribution in [1.82, 2.24) is 5.32 Å². The second-order valence-corrected chi connectivity index (χ2v) is 6.82. The standard InChI is InChI=1S/C18H27NO3.C6H10O/c1-14(2)8-6-4-5-7-9-18(21)19-13-15-10-11-16(20)17(12-15)22-3;1-3-5-7-6-4-2/h6,8,10-12,14,20H,4-5,7,9,13H2,1-3H3,(H,19,21);3-4H,1-2,5-6H2. The smallest absolute Gasteiger partial charge is 0.220 e. The molecule has 0 fully saturated rings. The maximum atomic E-state index is 11.8. The van der Waals surface area contributed by atoms with Gasteiger partial charge in [-0.25, -0.2) is 0 Å². The van der Waals surface area contributed by atoms with E-state index in [1.54, 1.807) is 30.4 Å². The fourth-order valence-corrected chi connectivity index (χ4v) is 2.27. The Morgan fingerprint density at radius 1 is 1.21 bits per heavy atom. The van der Waals surface area contributed by atoms with Gasteiger partial charge in [0.1, 0.15) is 0 Å². The first kappa shape index (κ1) is 26.5. The molecule has 0 radical (unpaired) electrons. The van der Waals surface area contributed by atoms with Crippen molar-refractivity contribution in [2.24, 2.45) is 5.92 Å². The third-order valence-electron chi connectivity index (χ3n) is 3.75. The lowest BCUT2D eigenvalue weighted by molar-refractivity contribution is -0.121. The highest BCUT2D eigenvalue weighted by molar-refractivity contribution is 5.75. The van der Waals surface area contributed by atoms with Gasteiger partial charge in [-0.2, -0.15) is 0 Å². The van der Waals surface area contributed by atoms with Crippen molar-refractivity contribution in [3.8, 4) is 11.5 Å². The summed E-state index contributed by atoms with van der Waals surface area (Å²) in [6, 6.07) is 5.07. The average Bonchev–Trinajstić information content (AvgIpc) is 2.70. The molecule has 162 valence electrons. The number of hydrogen-bond acceptors (Lipinski definition) is 4. The normalized spacial score (nSPS) is 10.3. The fourth-order valence-electron chi connectivity index (χ4n) is 2.27. The van der Waals surface area contributed by atoms with Crippen molar-refractivity contribution >= 4 is 5.91 Å². The quantitative estimate of drug-likeness (QED) is 0.352. The van der Waals surface area contributed by atoms with Crippen LogP contribution in [0.4, 0.5) is 0 Å². The third-order valence-corrected chi connectivity index (χ3v) is 3.75. The summed E-state index contributed by atoms with van der Waals surface area (Å²) < 4.78 is 9.94. The molecule has 2 N–H and O–H groups in total. The molecule has 0 heterocycles. The summed E-state index contributed by atoms with van der Waals surface area (Å²) in [6.45, 7) is 12.9. The van der Waals surface area contributed by atoms with Crippen molar-refractivity contribution in [1.29, 1.82) is 0 Å². The Morgan fingerprint density at radius 3 is 2.48 bits per heavy atom. The van der Waals surface area contributed by atoms with Gasteiger partial charge in [-0.15, -0.1) is 13.2 Å². The molecule has 29 heavy (non-hydrogen) atoms. The van der Waals surface area contributed by atoms with Crippen molar-refractivity contribution in [2.45, 2.75) is 46.1 Å². The summed E-state index contributed by atoms with van der Waals surface area (Å²) in [4.78, 5) is 11.8. The molecule has 0 unspecified atom stereocenters. The molecule has 0 aliphatic carbocycles. The highest BCUT2D eigenvalue weighted by Gasteiger charge is 2.05. The average molecular weight is 404 g/mol. The molecule has 0 aliphatic rings. The Morgan fingerprint density at radius 2 is 1.90 bits per heavy atom. The van der Waals surface area contributed by atoms with Gasteiger partial charge >= 0.3 is 0 Å². The zero-order valence-electron chi connectivity index (χ0n) is 18.2. The van der Waals surface area contributed by atoms with E-state index in [0.717, 1.165) is 24.8 Å². The van der Waals surface area contributed by atoms with Crippen LogP contribution in [0.3, 0.4) is 0 Å². The number of methoxy groups -OCH3 is 1. The number of aromatic hydroxyl groups is 1. The lowest BCUT2D eigenvalue weighted by Crippen LogP contribution is -2.22. The Balaban J connectivity index is 0.000000956. The van der Waals surface area contributed by atoms with Gasteiger partial charge in [0.15, 0.2) is 11.5 Å². The van der Waals surface area contributed by atoms with Crippen LogP contribution in [0.25, 0.3) is 0 Å². The van der Waals surface area contributed by atoms with Gasteiger partial charge in [0.25, 0.3) is 0 Å². The number of unbranched alkanes of at least 4 members (excludes halogenated alkanes) is 2. The molecule has 0 atom stereocenters. The number of nitrogens with one attached hydrogen (secondary N) is 1. The van der Waals surface area contributed by atoms with Crippen LogP contribution in [0.1, 0.15) is 45.1 Å². The van der Waals surface area contributed by atoms with Gasteiger partial charge in [0.2, 0.25) is 5.91 Å². The molecule has 0 saturated heterocycles. The predicted octanol–water partition coefficient (Wildman–Crippen LogP) is 5.16. The topological polar surface area (TPSA) is 67.8 Å². The van der Waals surface area contributed by atoms with Crippen molar-refractivity contribution < 1.29 is 19.4 Å². The van der Waals surface area contributed by atoms with Crippen LogP contribution in [0.15, 0.2) is 55.7 Å². The van der Waals surface area contributed by atoms with E-state index in [0.29, 0.717) is 37.8 Å². The summed E-state index contributed by atoms with van der Waals surface area (Å²) in [5, 5.41) is 12.4. The Hall–Kier alpha value is -2.53. The molecule has 1 aromatic carbocycles. The van der Waals surface area contributed by atoms with Crippen LogP contribution in [0, 0.1) is 5.92 Å². The van der Waals surface area contributed by atoms with Crippen molar-refractivity contribution in [3.63, 3.8) is 0 Å².